The van der Waals surface area contributed by atoms with Gasteiger partial charge in [-0.05, 0) is 47.4 Å². The van der Waals surface area contributed by atoms with E-state index in [0.717, 1.165) is 16.7 Å². The highest BCUT2D eigenvalue weighted by molar-refractivity contribution is 5.95. The van der Waals surface area contributed by atoms with Crippen LogP contribution in [0.2, 0.25) is 0 Å². The van der Waals surface area contributed by atoms with Crippen molar-refractivity contribution in [1.29, 1.82) is 5.26 Å². The summed E-state index contributed by atoms with van der Waals surface area (Å²) >= 11 is 0. The van der Waals surface area contributed by atoms with Gasteiger partial charge in [-0.25, -0.2) is 0 Å². The van der Waals surface area contributed by atoms with Gasteiger partial charge in [-0.1, -0.05) is 12.1 Å². The van der Waals surface area contributed by atoms with Crippen molar-refractivity contribution in [2.45, 2.75) is 25.3 Å². The summed E-state index contributed by atoms with van der Waals surface area (Å²) < 4.78 is 10.7. The molecule has 3 rings (SSSR count). The number of aliphatic carboxylic acids is 1. The van der Waals surface area contributed by atoms with Gasteiger partial charge in [0.05, 0.1) is 39.2 Å². The zero-order valence-corrected chi connectivity index (χ0v) is 16.3. The van der Waals surface area contributed by atoms with Crippen LogP contribution < -0.4 is 9.47 Å². The quantitative estimate of drug-likeness (QED) is 0.809. The number of benzene rings is 2. The molecule has 0 bridgehead atoms. The number of methoxy groups -OCH3 is 2. The third-order valence-electron chi connectivity index (χ3n) is 5.09. The average Bonchev–Trinajstić information content (AvgIpc) is 2.72. The van der Waals surface area contributed by atoms with Gasteiger partial charge in [0.15, 0.2) is 11.5 Å². The average molecular weight is 394 g/mol. The summed E-state index contributed by atoms with van der Waals surface area (Å²) in [6, 6.07) is 12.0. The molecule has 1 unspecified atom stereocenters. The minimum absolute atomic E-state index is 0.208. The molecule has 29 heavy (non-hydrogen) atoms. The summed E-state index contributed by atoms with van der Waals surface area (Å²) in [7, 11) is 3.06. The lowest BCUT2D eigenvalue weighted by molar-refractivity contribution is -0.138. The number of carbonyl (C=O) groups excluding carboxylic acids is 1. The normalized spacial score (nSPS) is 15.2. The van der Waals surface area contributed by atoms with Crippen molar-refractivity contribution >= 4 is 11.9 Å². The van der Waals surface area contributed by atoms with E-state index in [1.54, 1.807) is 42.3 Å². The van der Waals surface area contributed by atoms with E-state index in [9.17, 15) is 14.7 Å². The molecule has 1 aliphatic rings. The Morgan fingerprint density at radius 2 is 1.93 bits per heavy atom. The SMILES string of the molecule is COc1cc2c(cc1OC)C(CC(=O)O)N(C(=O)c1cccc(CC#N)c1)CC2. The van der Waals surface area contributed by atoms with E-state index in [-0.39, 0.29) is 18.7 Å². The molecule has 0 aromatic heterocycles. The van der Waals surface area contributed by atoms with E-state index >= 15 is 0 Å². The van der Waals surface area contributed by atoms with Crippen LogP contribution in [0.25, 0.3) is 0 Å². The molecule has 2 aromatic carbocycles. The standard InChI is InChI=1S/C22H22N2O5/c1-28-19-11-15-7-9-24(18(13-21(25)26)17(15)12-20(19)29-2)22(27)16-5-3-4-14(10-16)6-8-23/h3-5,10-12,18H,6-7,9,13H2,1-2H3,(H,25,26). The molecule has 7 heteroatoms. The van der Waals surface area contributed by atoms with Crippen molar-refractivity contribution < 1.29 is 24.2 Å². The molecule has 0 spiro atoms. The molecule has 1 aliphatic heterocycles. The third-order valence-corrected chi connectivity index (χ3v) is 5.09. The van der Waals surface area contributed by atoms with Crippen molar-refractivity contribution in [3.8, 4) is 17.6 Å². The first-order valence-electron chi connectivity index (χ1n) is 9.22. The fourth-order valence-corrected chi connectivity index (χ4v) is 3.73. The van der Waals surface area contributed by atoms with Gasteiger partial charge in [0.2, 0.25) is 0 Å². The van der Waals surface area contributed by atoms with Crippen LogP contribution in [-0.4, -0.2) is 42.6 Å². The van der Waals surface area contributed by atoms with Crippen LogP contribution >= 0.6 is 0 Å². The minimum Gasteiger partial charge on any atom is -0.493 e. The molecule has 0 radical (unpaired) electrons. The first-order chi connectivity index (χ1) is 14.0. The fraction of sp³-hybridized carbons (Fsp3) is 0.318. The summed E-state index contributed by atoms with van der Waals surface area (Å²) in [6.07, 6.45) is 0.570. The summed E-state index contributed by atoms with van der Waals surface area (Å²) in [4.78, 5) is 26.4. The highest BCUT2D eigenvalue weighted by atomic mass is 16.5. The predicted octanol–water partition coefficient (Wildman–Crippen LogP) is 2.98. The van der Waals surface area contributed by atoms with Crippen LogP contribution in [0.4, 0.5) is 0 Å². The van der Waals surface area contributed by atoms with Crippen LogP contribution in [-0.2, 0) is 17.6 Å². The van der Waals surface area contributed by atoms with Crippen LogP contribution in [0.15, 0.2) is 36.4 Å². The van der Waals surface area contributed by atoms with E-state index in [1.165, 1.54) is 7.11 Å². The number of nitriles is 1. The maximum absolute atomic E-state index is 13.2. The van der Waals surface area contributed by atoms with Gasteiger partial charge in [0.1, 0.15) is 0 Å². The number of carboxylic acids is 1. The molecule has 7 nitrogen and oxygen atoms in total. The minimum atomic E-state index is -0.992. The van der Waals surface area contributed by atoms with Gasteiger partial charge in [0.25, 0.3) is 5.91 Å². The highest BCUT2D eigenvalue weighted by Crippen LogP contribution is 2.40. The molecule has 0 saturated heterocycles. The van der Waals surface area contributed by atoms with Crippen LogP contribution in [0.5, 0.6) is 11.5 Å². The number of carbonyl (C=O) groups is 2. The Morgan fingerprint density at radius 3 is 2.59 bits per heavy atom. The Balaban J connectivity index is 2.01. The van der Waals surface area contributed by atoms with Gasteiger partial charge in [0, 0.05) is 12.1 Å². The first-order valence-corrected chi connectivity index (χ1v) is 9.22. The number of nitrogens with zero attached hydrogens (tertiary/aromatic N) is 2. The highest BCUT2D eigenvalue weighted by Gasteiger charge is 2.34. The van der Waals surface area contributed by atoms with Crippen molar-refractivity contribution in [3.05, 3.63) is 58.7 Å². The van der Waals surface area contributed by atoms with Gasteiger partial charge in [-0.3, -0.25) is 9.59 Å². The van der Waals surface area contributed by atoms with Gasteiger partial charge < -0.3 is 19.5 Å². The number of fused-ring (bicyclic) bond motifs is 1. The Bertz CT molecular complexity index is 980. The molecule has 150 valence electrons. The van der Waals surface area contributed by atoms with Crippen molar-refractivity contribution in [1.82, 2.24) is 4.90 Å². The molecule has 2 aromatic rings. The van der Waals surface area contributed by atoms with E-state index in [2.05, 4.69) is 6.07 Å². The molecule has 0 saturated carbocycles. The lowest BCUT2D eigenvalue weighted by Crippen LogP contribution is -2.41. The number of hydrogen-bond acceptors (Lipinski definition) is 5. The van der Waals surface area contributed by atoms with E-state index in [1.807, 2.05) is 6.07 Å². The monoisotopic (exact) mass is 394 g/mol. The van der Waals surface area contributed by atoms with Gasteiger partial charge in [-0.2, -0.15) is 5.26 Å². The largest absolute Gasteiger partial charge is 0.493 e. The second kappa shape index (κ2) is 8.65. The fourth-order valence-electron chi connectivity index (χ4n) is 3.73. The summed E-state index contributed by atoms with van der Waals surface area (Å²) in [5.74, 6) is -0.179. The van der Waals surface area contributed by atoms with Crippen molar-refractivity contribution in [3.63, 3.8) is 0 Å². The zero-order valence-electron chi connectivity index (χ0n) is 16.3. The predicted molar refractivity (Wildman–Crippen MR) is 105 cm³/mol. The Labute approximate surface area is 169 Å². The molecule has 1 N–H and O–H groups in total. The number of hydrogen-bond donors (Lipinski definition) is 1. The molecular formula is C22H22N2O5. The Kier molecular flexibility index (Phi) is 6.03. The van der Waals surface area contributed by atoms with Crippen LogP contribution in [0, 0.1) is 11.3 Å². The number of amides is 1. The molecule has 1 heterocycles. The number of carboxylic acid groups (broad SMARTS) is 1. The second-order valence-electron chi connectivity index (χ2n) is 6.80. The molecule has 1 atom stereocenters. The lowest BCUT2D eigenvalue weighted by atomic mass is 9.89. The van der Waals surface area contributed by atoms with E-state index < -0.39 is 12.0 Å². The molecule has 0 aliphatic carbocycles. The van der Waals surface area contributed by atoms with E-state index in [4.69, 9.17) is 14.7 Å². The first kappa shape index (κ1) is 20.2. The van der Waals surface area contributed by atoms with Crippen molar-refractivity contribution in [2.75, 3.05) is 20.8 Å². The number of rotatable bonds is 6. The van der Waals surface area contributed by atoms with E-state index in [0.29, 0.717) is 30.0 Å². The molecule has 0 fully saturated rings. The Morgan fingerprint density at radius 1 is 1.21 bits per heavy atom. The lowest BCUT2D eigenvalue weighted by Gasteiger charge is -2.37. The zero-order chi connectivity index (χ0) is 21.0. The van der Waals surface area contributed by atoms with Crippen LogP contribution in [0.3, 0.4) is 0 Å². The third kappa shape index (κ3) is 4.16. The van der Waals surface area contributed by atoms with Gasteiger partial charge >= 0.3 is 5.97 Å². The summed E-state index contributed by atoms with van der Waals surface area (Å²) in [5.41, 5.74) is 2.88. The topological polar surface area (TPSA) is 99.9 Å². The maximum Gasteiger partial charge on any atom is 0.305 e. The smallest absolute Gasteiger partial charge is 0.305 e. The van der Waals surface area contributed by atoms with Crippen LogP contribution in [0.1, 0.15) is 39.5 Å². The number of ether oxygens (including phenoxy) is 2. The second-order valence-corrected chi connectivity index (χ2v) is 6.80. The van der Waals surface area contributed by atoms with Crippen molar-refractivity contribution in [2.24, 2.45) is 0 Å². The molecular weight excluding hydrogens is 372 g/mol. The maximum atomic E-state index is 13.2. The van der Waals surface area contributed by atoms with Gasteiger partial charge in [-0.15, -0.1) is 0 Å². The summed E-state index contributed by atoms with van der Waals surface area (Å²) in [6.45, 7) is 0.391. The Hall–Kier alpha value is -3.53. The molecule has 1 amide bonds. The summed E-state index contributed by atoms with van der Waals surface area (Å²) in [5, 5.41) is 18.4.